The molecule has 2 fully saturated rings. The standard InChI is InChI=1S/C20H38N2O/c1-3-21-15-11-10-14-18-20(23)19(16(2)22-18)17-12-8-6-4-5-7-9-13-17/h16-19,21-22H,3-15H2,1-2H3. The Bertz CT molecular complexity index is 335. The maximum Gasteiger partial charge on any atom is 0.154 e. The van der Waals surface area contributed by atoms with Crippen LogP contribution in [-0.4, -0.2) is 31.0 Å². The fourth-order valence-electron chi connectivity index (χ4n) is 4.65. The van der Waals surface area contributed by atoms with Gasteiger partial charge in [-0.2, -0.15) is 0 Å². The minimum atomic E-state index is 0.129. The van der Waals surface area contributed by atoms with E-state index in [2.05, 4.69) is 24.5 Å². The zero-order valence-corrected chi connectivity index (χ0v) is 15.4. The number of rotatable bonds is 7. The summed E-state index contributed by atoms with van der Waals surface area (Å²) in [6, 6.07) is 0.510. The van der Waals surface area contributed by atoms with Crippen molar-refractivity contribution in [3.63, 3.8) is 0 Å². The molecule has 1 aliphatic carbocycles. The van der Waals surface area contributed by atoms with Gasteiger partial charge in [-0.05, 0) is 51.6 Å². The van der Waals surface area contributed by atoms with Gasteiger partial charge in [0.05, 0.1) is 6.04 Å². The number of carbonyl (C=O) groups is 1. The smallest absolute Gasteiger partial charge is 0.154 e. The summed E-state index contributed by atoms with van der Waals surface area (Å²) >= 11 is 0. The van der Waals surface area contributed by atoms with Crippen molar-refractivity contribution in [1.29, 1.82) is 0 Å². The van der Waals surface area contributed by atoms with Crippen molar-refractivity contribution in [2.24, 2.45) is 11.8 Å². The van der Waals surface area contributed by atoms with Gasteiger partial charge in [-0.15, -0.1) is 0 Å². The maximum absolute atomic E-state index is 12.9. The molecule has 3 nitrogen and oxygen atoms in total. The lowest BCUT2D eigenvalue weighted by atomic mass is 9.79. The summed E-state index contributed by atoms with van der Waals surface area (Å²) in [6.07, 6.45) is 14.1. The van der Waals surface area contributed by atoms with Gasteiger partial charge < -0.3 is 10.6 Å². The Kier molecular flexibility index (Phi) is 8.60. The summed E-state index contributed by atoms with van der Waals surface area (Å²) in [7, 11) is 0. The first-order valence-corrected chi connectivity index (χ1v) is 10.2. The molecule has 0 aromatic carbocycles. The van der Waals surface area contributed by atoms with E-state index in [1.807, 2.05) is 0 Å². The zero-order chi connectivity index (χ0) is 16.5. The summed E-state index contributed by atoms with van der Waals surface area (Å²) in [5, 5.41) is 6.99. The fourth-order valence-corrected chi connectivity index (χ4v) is 4.65. The van der Waals surface area contributed by atoms with Crippen LogP contribution in [0.1, 0.15) is 84.5 Å². The summed E-state index contributed by atoms with van der Waals surface area (Å²) in [5.41, 5.74) is 0. The molecule has 3 heteroatoms. The minimum absolute atomic E-state index is 0.129. The van der Waals surface area contributed by atoms with Gasteiger partial charge in [-0.25, -0.2) is 0 Å². The first-order chi connectivity index (χ1) is 11.2. The van der Waals surface area contributed by atoms with Crippen LogP contribution in [0.15, 0.2) is 0 Å². The Morgan fingerprint density at radius 3 is 2.35 bits per heavy atom. The van der Waals surface area contributed by atoms with Gasteiger partial charge in [0.1, 0.15) is 0 Å². The number of ketones is 1. The number of Topliss-reactive ketones (excluding diaryl/α,β-unsaturated/α-hetero) is 1. The molecule has 3 unspecified atom stereocenters. The van der Waals surface area contributed by atoms with Crippen molar-refractivity contribution in [2.45, 2.75) is 96.6 Å². The molecule has 3 atom stereocenters. The van der Waals surface area contributed by atoms with Gasteiger partial charge in [0.2, 0.25) is 0 Å². The van der Waals surface area contributed by atoms with E-state index in [0.29, 0.717) is 17.7 Å². The van der Waals surface area contributed by atoms with Crippen LogP contribution >= 0.6 is 0 Å². The topological polar surface area (TPSA) is 41.1 Å². The van der Waals surface area contributed by atoms with Gasteiger partial charge >= 0.3 is 0 Å². The molecule has 0 spiro atoms. The van der Waals surface area contributed by atoms with Crippen molar-refractivity contribution in [1.82, 2.24) is 10.6 Å². The molecule has 134 valence electrons. The molecule has 1 heterocycles. The molecule has 1 aliphatic heterocycles. The zero-order valence-electron chi connectivity index (χ0n) is 15.4. The van der Waals surface area contributed by atoms with Crippen LogP contribution in [0.4, 0.5) is 0 Å². The maximum atomic E-state index is 12.9. The molecule has 2 aliphatic rings. The molecule has 2 rings (SSSR count). The Morgan fingerprint density at radius 2 is 1.70 bits per heavy atom. The molecular formula is C20H38N2O. The summed E-state index contributed by atoms with van der Waals surface area (Å²) in [5.74, 6) is 1.45. The molecule has 1 saturated carbocycles. The number of unbranched alkanes of at least 4 members (excludes halogenated alkanes) is 1. The van der Waals surface area contributed by atoms with Crippen molar-refractivity contribution < 1.29 is 4.79 Å². The van der Waals surface area contributed by atoms with Crippen LogP contribution in [0.3, 0.4) is 0 Å². The number of nitrogens with one attached hydrogen (secondary N) is 2. The first-order valence-electron chi connectivity index (χ1n) is 10.2. The van der Waals surface area contributed by atoms with Gasteiger partial charge in [-0.1, -0.05) is 51.9 Å². The van der Waals surface area contributed by atoms with E-state index < -0.39 is 0 Å². The van der Waals surface area contributed by atoms with Gasteiger partial charge in [0, 0.05) is 12.0 Å². The molecule has 0 amide bonds. The summed E-state index contributed by atoms with van der Waals surface area (Å²) in [6.45, 7) is 6.51. The van der Waals surface area contributed by atoms with Crippen LogP contribution in [0.2, 0.25) is 0 Å². The van der Waals surface area contributed by atoms with E-state index in [9.17, 15) is 4.79 Å². The highest BCUT2D eigenvalue weighted by molar-refractivity contribution is 5.89. The number of carbonyl (C=O) groups excluding carboxylic acids is 1. The second kappa shape index (κ2) is 10.5. The third-order valence-corrected chi connectivity index (χ3v) is 5.93. The SMILES string of the molecule is CCNCCCCC1NC(C)C(C2CCCCCCCC2)C1=O. The molecule has 2 N–H and O–H groups in total. The number of hydrogen-bond donors (Lipinski definition) is 2. The highest BCUT2D eigenvalue weighted by atomic mass is 16.1. The Labute approximate surface area is 143 Å². The number of hydrogen-bond acceptors (Lipinski definition) is 3. The van der Waals surface area contributed by atoms with Gasteiger partial charge in [0.15, 0.2) is 5.78 Å². The van der Waals surface area contributed by atoms with E-state index in [1.54, 1.807) is 0 Å². The van der Waals surface area contributed by atoms with Crippen molar-refractivity contribution in [2.75, 3.05) is 13.1 Å². The van der Waals surface area contributed by atoms with E-state index >= 15 is 0 Å². The molecule has 0 radical (unpaired) electrons. The third-order valence-electron chi connectivity index (χ3n) is 5.93. The van der Waals surface area contributed by atoms with Crippen LogP contribution in [0.25, 0.3) is 0 Å². The van der Waals surface area contributed by atoms with E-state index in [4.69, 9.17) is 0 Å². The van der Waals surface area contributed by atoms with Crippen LogP contribution < -0.4 is 10.6 Å². The van der Waals surface area contributed by atoms with Crippen LogP contribution in [-0.2, 0) is 4.79 Å². The Morgan fingerprint density at radius 1 is 1.04 bits per heavy atom. The summed E-state index contributed by atoms with van der Waals surface area (Å²) < 4.78 is 0. The lowest BCUT2D eigenvalue weighted by Gasteiger charge is -2.25. The average Bonchev–Trinajstić information content (AvgIpc) is 2.89. The highest BCUT2D eigenvalue weighted by Gasteiger charge is 2.42. The fraction of sp³-hybridized carbons (Fsp3) is 0.950. The predicted molar refractivity (Wildman–Crippen MR) is 97.7 cm³/mol. The molecule has 0 bridgehead atoms. The third kappa shape index (κ3) is 5.86. The van der Waals surface area contributed by atoms with Gasteiger partial charge in [0.25, 0.3) is 0 Å². The molecule has 1 saturated heterocycles. The first kappa shape index (κ1) is 18.9. The molecular weight excluding hydrogens is 284 g/mol. The lowest BCUT2D eigenvalue weighted by Crippen LogP contribution is -2.31. The normalized spacial score (nSPS) is 30.9. The van der Waals surface area contributed by atoms with Crippen LogP contribution in [0.5, 0.6) is 0 Å². The van der Waals surface area contributed by atoms with Crippen molar-refractivity contribution in [3.8, 4) is 0 Å². The van der Waals surface area contributed by atoms with Gasteiger partial charge in [-0.3, -0.25) is 4.79 Å². The van der Waals surface area contributed by atoms with E-state index in [0.717, 1.165) is 25.9 Å². The largest absolute Gasteiger partial charge is 0.317 e. The molecule has 23 heavy (non-hydrogen) atoms. The quantitative estimate of drug-likeness (QED) is 0.694. The Hall–Kier alpha value is -0.410. The monoisotopic (exact) mass is 322 g/mol. The second-order valence-electron chi connectivity index (χ2n) is 7.74. The van der Waals surface area contributed by atoms with E-state index in [-0.39, 0.29) is 12.0 Å². The minimum Gasteiger partial charge on any atom is -0.317 e. The molecule has 0 aromatic heterocycles. The molecule has 0 aromatic rings. The highest BCUT2D eigenvalue weighted by Crippen LogP contribution is 2.34. The average molecular weight is 323 g/mol. The van der Waals surface area contributed by atoms with Crippen molar-refractivity contribution >= 4 is 5.78 Å². The lowest BCUT2D eigenvalue weighted by molar-refractivity contribution is -0.123. The summed E-state index contributed by atoms with van der Waals surface area (Å²) in [4.78, 5) is 12.9. The predicted octanol–water partition coefficient (Wildman–Crippen LogP) is 4.06. The van der Waals surface area contributed by atoms with E-state index in [1.165, 1.54) is 57.8 Å². The van der Waals surface area contributed by atoms with Crippen LogP contribution in [0, 0.1) is 11.8 Å². The Balaban J connectivity index is 1.82. The van der Waals surface area contributed by atoms with Crippen molar-refractivity contribution in [3.05, 3.63) is 0 Å². The second-order valence-corrected chi connectivity index (χ2v) is 7.74.